The first-order valence-corrected chi connectivity index (χ1v) is 10.7. The van der Waals surface area contributed by atoms with Gasteiger partial charge in [0.1, 0.15) is 5.75 Å². The van der Waals surface area contributed by atoms with E-state index in [1.54, 1.807) is 0 Å². The van der Waals surface area contributed by atoms with Gasteiger partial charge in [-0.15, -0.1) is 0 Å². The molecular formula is C25H31N3O2. The van der Waals surface area contributed by atoms with E-state index in [1.165, 1.54) is 5.56 Å². The number of hydrogen-bond acceptors (Lipinski definition) is 2. The average molecular weight is 406 g/mol. The lowest BCUT2D eigenvalue weighted by molar-refractivity contribution is 0.207. The van der Waals surface area contributed by atoms with Crippen LogP contribution in [0.1, 0.15) is 37.9 Å². The molecule has 1 N–H and O–H groups in total. The summed E-state index contributed by atoms with van der Waals surface area (Å²) in [5, 5.41) is 3.02. The molecule has 0 unspecified atom stereocenters. The highest BCUT2D eigenvalue weighted by molar-refractivity contribution is 5.89. The van der Waals surface area contributed by atoms with Crippen molar-refractivity contribution in [1.82, 2.24) is 9.47 Å². The molecule has 5 nitrogen and oxygen atoms in total. The standard InChI is InChI=1S/C25H31N3O2/c1-3-5-17-28(25(29)26-22-13-15-24(16-14-22)30-4-2)20-23-12-9-18-27(23)19-21-10-7-6-8-11-21/h6-16,18H,3-5,17,19-20H2,1-2H3,(H,26,29). The summed E-state index contributed by atoms with van der Waals surface area (Å²) < 4.78 is 7.68. The van der Waals surface area contributed by atoms with Gasteiger partial charge in [-0.05, 0) is 55.3 Å². The molecule has 0 atom stereocenters. The van der Waals surface area contributed by atoms with Crippen molar-refractivity contribution in [1.29, 1.82) is 0 Å². The molecule has 30 heavy (non-hydrogen) atoms. The Bertz CT molecular complexity index is 904. The SMILES string of the molecule is CCCCN(Cc1cccn1Cc1ccccc1)C(=O)Nc1ccc(OCC)cc1. The second-order valence-corrected chi connectivity index (χ2v) is 7.28. The van der Waals surface area contributed by atoms with Crippen LogP contribution in [0.5, 0.6) is 5.75 Å². The van der Waals surface area contributed by atoms with Crippen molar-refractivity contribution in [3.8, 4) is 5.75 Å². The fraction of sp³-hybridized carbons (Fsp3) is 0.320. The minimum Gasteiger partial charge on any atom is -0.494 e. The molecule has 0 aliphatic heterocycles. The van der Waals surface area contributed by atoms with Gasteiger partial charge in [0, 0.05) is 30.7 Å². The summed E-state index contributed by atoms with van der Waals surface area (Å²) >= 11 is 0. The Morgan fingerprint density at radius 2 is 1.77 bits per heavy atom. The van der Waals surface area contributed by atoms with Crippen LogP contribution < -0.4 is 10.1 Å². The van der Waals surface area contributed by atoms with E-state index in [-0.39, 0.29) is 6.03 Å². The third-order valence-electron chi connectivity index (χ3n) is 4.96. The molecule has 0 aliphatic rings. The first-order chi connectivity index (χ1) is 14.7. The fourth-order valence-electron chi connectivity index (χ4n) is 3.33. The Labute approximate surface area is 179 Å². The highest BCUT2D eigenvalue weighted by atomic mass is 16.5. The predicted molar refractivity (Wildman–Crippen MR) is 122 cm³/mol. The third-order valence-corrected chi connectivity index (χ3v) is 4.96. The van der Waals surface area contributed by atoms with Crippen LogP contribution in [0, 0.1) is 0 Å². The van der Waals surface area contributed by atoms with Gasteiger partial charge in [-0.25, -0.2) is 4.79 Å². The van der Waals surface area contributed by atoms with Gasteiger partial charge >= 0.3 is 6.03 Å². The molecule has 0 saturated carbocycles. The molecule has 0 fully saturated rings. The normalized spacial score (nSPS) is 10.6. The topological polar surface area (TPSA) is 46.5 Å². The lowest BCUT2D eigenvalue weighted by atomic mass is 10.2. The molecule has 1 aromatic heterocycles. The van der Waals surface area contributed by atoms with Crippen LogP contribution >= 0.6 is 0 Å². The Balaban J connectivity index is 1.68. The summed E-state index contributed by atoms with van der Waals surface area (Å²) in [6.45, 7) is 6.80. The number of nitrogens with zero attached hydrogens (tertiary/aromatic N) is 2. The molecule has 5 heteroatoms. The van der Waals surface area contributed by atoms with Crippen LogP contribution in [-0.2, 0) is 13.1 Å². The van der Waals surface area contributed by atoms with Crippen molar-refractivity contribution in [3.05, 3.63) is 84.2 Å². The third kappa shape index (κ3) is 6.14. The Hall–Kier alpha value is -3.21. The summed E-state index contributed by atoms with van der Waals surface area (Å²) in [7, 11) is 0. The molecule has 158 valence electrons. The van der Waals surface area contributed by atoms with Gasteiger partial charge in [0.25, 0.3) is 0 Å². The number of ether oxygens (including phenoxy) is 1. The second-order valence-electron chi connectivity index (χ2n) is 7.28. The number of aromatic nitrogens is 1. The van der Waals surface area contributed by atoms with Crippen molar-refractivity contribution in [2.45, 2.75) is 39.8 Å². The van der Waals surface area contributed by atoms with Gasteiger partial charge in [0.05, 0.1) is 13.2 Å². The van der Waals surface area contributed by atoms with E-state index in [0.29, 0.717) is 13.2 Å². The number of carbonyl (C=O) groups is 1. The van der Waals surface area contributed by atoms with Gasteiger partial charge in [-0.3, -0.25) is 0 Å². The zero-order chi connectivity index (χ0) is 21.2. The van der Waals surface area contributed by atoms with E-state index >= 15 is 0 Å². The van der Waals surface area contributed by atoms with Crippen molar-refractivity contribution >= 4 is 11.7 Å². The van der Waals surface area contributed by atoms with Crippen molar-refractivity contribution < 1.29 is 9.53 Å². The maximum atomic E-state index is 13.0. The number of urea groups is 1. The Kier molecular flexibility index (Phi) is 7.95. The van der Waals surface area contributed by atoms with Crippen molar-refractivity contribution in [2.75, 3.05) is 18.5 Å². The minimum absolute atomic E-state index is 0.0833. The van der Waals surface area contributed by atoms with Gasteiger partial charge in [0.15, 0.2) is 0 Å². The zero-order valence-electron chi connectivity index (χ0n) is 17.9. The van der Waals surface area contributed by atoms with E-state index in [9.17, 15) is 4.79 Å². The molecule has 2 amide bonds. The molecule has 3 rings (SSSR count). The van der Waals surface area contributed by atoms with Crippen LogP contribution in [0.15, 0.2) is 72.9 Å². The molecule has 0 aliphatic carbocycles. The van der Waals surface area contributed by atoms with E-state index in [4.69, 9.17) is 4.74 Å². The van der Waals surface area contributed by atoms with Crippen LogP contribution in [0.2, 0.25) is 0 Å². The number of hydrogen-bond donors (Lipinski definition) is 1. The highest BCUT2D eigenvalue weighted by Crippen LogP contribution is 2.17. The summed E-state index contributed by atoms with van der Waals surface area (Å²) in [5.41, 5.74) is 3.13. The molecule has 0 bridgehead atoms. The summed E-state index contributed by atoms with van der Waals surface area (Å²) in [4.78, 5) is 14.9. The van der Waals surface area contributed by atoms with Gasteiger partial charge in [0.2, 0.25) is 0 Å². The minimum atomic E-state index is -0.0833. The smallest absolute Gasteiger partial charge is 0.322 e. The number of rotatable bonds is 10. The highest BCUT2D eigenvalue weighted by Gasteiger charge is 2.16. The summed E-state index contributed by atoms with van der Waals surface area (Å²) in [6, 6.07) is 21.9. The molecule has 1 heterocycles. The largest absolute Gasteiger partial charge is 0.494 e. The maximum absolute atomic E-state index is 13.0. The number of carbonyl (C=O) groups excluding carboxylic acids is 1. The quantitative estimate of drug-likeness (QED) is 0.465. The molecule has 0 saturated heterocycles. The molecule has 3 aromatic rings. The first-order valence-electron chi connectivity index (χ1n) is 10.7. The van der Waals surface area contributed by atoms with Crippen LogP contribution in [0.3, 0.4) is 0 Å². The number of anilines is 1. The van der Waals surface area contributed by atoms with Crippen LogP contribution in [0.25, 0.3) is 0 Å². The number of amides is 2. The zero-order valence-corrected chi connectivity index (χ0v) is 17.9. The van der Waals surface area contributed by atoms with Crippen LogP contribution in [0.4, 0.5) is 10.5 Å². The molecular weight excluding hydrogens is 374 g/mol. The second kappa shape index (κ2) is 11.1. The van der Waals surface area contributed by atoms with E-state index in [2.05, 4.69) is 53.3 Å². The molecule has 2 aromatic carbocycles. The van der Waals surface area contributed by atoms with Crippen molar-refractivity contribution in [2.24, 2.45) is 0 Å². The first kappa shape index (κ1) is 21.5. The summed E-state index contributed by atoms with van der Waals surface area (Å²) in [5.74, 6) is 0.803. The lowest BCUT2D eigenvalue weighted by Crippen LogP contribution is -2.36. The monoisotopic (exact) mass is 405 g/mol. The Morgan fingerprint density at radius 3 is 2.47 bits per heavy atom. The Morgan fingerprint density at radius 1 is 1.00 bits per heavy atom. The van der Waals surface area contributed by atoms with Gasteiger partial charge in [-0.2, -0.15) is 0 Å². The van der Waals surface area contributed by atoms with E-state index < -0.39 is 0 Å². The predicted octanol–water partition coefficient (Wildman–Crippen LogP) is 5.77. The summed E-state index contributed by atoms with van der Waals surface area (Å²) in [6.07, 6.45) is 4.08. The molecule has 0 spiro atoms. The maximum Gasteiger partial charge on any atom is 0.322 e. The van der Waals surface area contributed by atoms with Crippen LogP contribution in [-0.4, -0.2) is 28.6 Å². The number of benzene rings is 2. The van der Waals surface area contributed by atoms with Crippen molar-refractivity contribution in [3.63, 3.8) is 0 Å². The van der Waals surface area contributed by atoms with E-state index in [1.807, 2.05) is 48.2 Å². The lowest BCUT2D eigenvalue weighted by Gasteiger charge is -2.24. The van der Waals surface area contributed by atoms with Gasteiger partial charge < -0.3 is 19.5 Å². The van der Waals surface area contributed by atoms with Gasteiger partial charge in [-0.1, -0.05) is 43.7 Å². The number of nitrogens with one attached hydrogen (secondary N) is 1. The number of unbranched alkanes of at least 4 members (excludes halogenated alkanes) is 1. The van der Waals surface area contributed by atoms with E-state index in [0.717, 1.165) is 43.1 Å². The fourth-order valence-corrected chi connectivity index (χ4v) is 3.33. The average Bonchev–Trinajstić information content (AvgIpc) is 3.20. The molecule has 0 radical (unpaired) electrons.